The van der Waals surface area contributed by atoms with Crippen molar-refractivity contribution in [1.82, 2.24) is 4.57 Å². The lowest BCUT2D eigenvalue weighted by molar-refractivity contribution is -0.115. The van der Waals surface area contributed by atoms with Gasteiger partial charge in [0.1, 0.15) is 0 Å². The van der Waals surface area contributed by atoms with Crippen LogP contribution in [0.2, 0.25) is 0 Å². The van der Waals surface area contributed by atoms with Crippen LogP contribution in [-0.4, -0.2) is 16.2 Å². The number of para-hydroxylation sites is 2. The Balaban J connectivity index is 1.74. The van der Waals surface area contributed by atoms with E-state index in [4.69, 9.17) is 5.26 Å². The average molecular weight is 349 g/mol. The van der Waals surface area contributed by atoms with E-state index in [1.54, 1.807) is 11.8 Å². The third-order valence-corrected chi connectivity index (χ3v) is 5.04. The first-order chi connectivity index (χ1) is 12.2. The fourth-order valence-corrected chi connectivity index (χ4v) is 3.70. The summed E-state index contributed by atoms with van der Waals surface area (Å²) in [6.45, 7) is 0. The van der Waals surface area contributed by atoms with Crippen LogP contribution in [0.25, 0.3) is 10.9 Å². The molecule has 0 saturated carbocycles. The Kier molecular flexibility index (Phi) is 5.42. The van der Waals surface area contributed by atoms with E-state index in [9.17, 15) is 4.79 Å². The summed E-state index contributed by atoms with van der Waals surface area (Å²) in [4.78, 5) is 13.5. The molecule has 0 spiro atoms. The zero-order chi connectivity index (χ0) is 17.6. The summed E-state index contributed by atoms with van der Waals surface area (Å²) in [6, 6.07) is 17.9. The van der Waals surface area contributed by atoms with Crippen molar-refractivity contribution in [3.63, 3.8) is 0 Å². The van der Waals surface area contributed by atoms with Gasteiger partial charge in [-0.25, -0.2) is 0 Å². The van der Waals surface area contributed by atoms with E-state index in [1.807, 2.05) is 60.3 Å². The summed E-state index contributed by atoms with van der Waals surface area (Å²) in [7, 11) is 1.99. The van der Waals surface area contributed by atoms with Crippen LogP contribution in [0.4, 0.5) is 5.69 Å². The Morgan fingerprint density at radius 3 is 2.80 bits per heavy atom. The van der Waals surface area contributed by atoms with Crippen LogP contribution in [0.1, 0.15) is 12.0 Å². The molecule has 1 amide bonds. The minimum absolute atomic E-state index is 0.0373. The van der Waals surface area contributed by atoms with Crippen LogP contribution < -0.4 is 5.32 Å². The maximum atomic E-state index is 12.5. The number of rotatable bonds is 6. The molecule has 1 aromatic heterocycles. The maximum absolute atomic E-state index is 12.5. The zero-order valence-electron chi connectivity index (χ0n) is 14.0. The van der Waals surface area contributed by atoms with Crippen LogP contribution >= 0.6 is 11.8 Å². The number of fused-ring (bicyclic) bond motifs is 1. The van der Waals surface area contributed by atoms with Crippen molar-refractivity contribution >= 4 is 34.3 Å². The third-order valence-electron chi connectivity index (χ3n) is 3.96. The highest BCUT2D eigenvalue weighted by Crippen LogP contribution is 2.28. The molecule has 126 valence electrons. The molecule has 0 aliphatic carbocycles. The number of aryl methyl sites for hydroxylation is 1. The predicted molar refractivity (Wildman–Crippen MR) is 103 cm³/mol. The predicted octanol–water partition coefficient (Wildman–Crippen LogP) is 4.37. The molecule has 4 nitrogen and oxygen atoms in total. The van der Waals surface area contributed by atoms with Gasteiger partial charge in [-0.3, -0.25) is 4.79 Å². The minimum atomic E-state index is -0.0373. The summed E-state index contributed by atoms with van der Waals surface area (Å²) in [5, 5.41) is 12.8. The molecule has 5 heteroatoms. The van der Waals surface area contributed by atoms with Crippen LogP contribution in [-0.2, 0) is 18.3 Å². The van der Waals surface area contributed by atoms with E-state index in [2.05, 4.69) is 17.5 Å². The fourth-order valence-electron chi connectivity index (χ4n) is 2.84. The van der Waals surface area contributed by atoms with E-state index >= 15 is 0 Å². The highest BCUT2D eigenvalue weighted by atomic mass is 32.2. The van der Waals surface area contributed by atoms with Crippen LogP contribution in [0.5, 0.6) is 0 Å². The molecule has 0 bridgehead atoms. The van der Waals surface area contributed by atoms with Gasteiger partial charge >= 0.3 is 0 Å². The molecule has 2 aromatic carbocycles. The Morgan fingerprint density at radius 1 is 1.20 bits per heavy atom. The van der Waals surface area contributed by atoms with Gasteiger partial charge in [-0.15, -0.1) is 11.8 Å². The minimum Gasteiger partial charge on any atom is -0.350 e. The van der Waals surface area contributed by atoms with Gasteiger partial charge < -0.3 is 9.88 Å². The number of nitrogens with one attached hydrogen (secondary N) is 1. The number of hydrogen-bond donors (Lipinski definition) is 1. The molecule has 3 aromatic rings. The number of amides is 1. The van der Waals surface area contributed by atoms with Crippen molar-refractivity contribution in [3.8, 4) is 6.07 Å². The second kappa shape index (κ2) is 7.91. The summed E-state index contributed by atoms with van der Waals surface area (Å²) in [5.41, 5.74) is 2.94. The molecule has 0 aliphatic heterocycles. The van der Waals surface area contributed by atoms with Crippen molar-refractivity contribution in [1.29, 1.82) is 5.26 Å². The Hall–Kier alpha value is -2.71. The number of benzene rings is 2. The van der Waals surface area contributed by atoms with Crippen molar-refractivity contribution in [2.75, 3.05) is 11.1 Å². The van der Waals surface area contributed by atoms with Gasteiger partial charge in [-0.1, -0.05) is 30.3 Å². The molecular weight excluding hydrogens is 330 g/mol. The molecule has 0 fully saturated rings. The van der Waals surface area contributed by atoms with Crippen LogP contribution in [0, 0.1) is 11.3 Å². The molecule has 0 unspecified atom stereocenters. The van der Waals surface area contributed by atoms with Gasteiger partial charge in [0.05, 0.1) is 18.2 Å². The monoisotopic (exact) mass is 349 g/mol. The number of hydrogen-bond acceptors (Lipinski definition) is 3. The molecule has 3 rings (SSSR count). The van der Waals surface area contributed by atoms with Gasteiger partial charge in [-0.2, -0.15) is 5.26 Å². The van der Waals surface area contributed by atoms with Gasteiger partial charge in [0, 0.05) is 41.2 Å². The van der Waals surface area contributed by atoms with Crippen molar-refractivity contribution < 1.29 is 4.79 Å². The van der Waals surface area contributed by atoms with Gasteiger partial charge in [0.25, 0.3) is 0 Å². The molecule has 1 heterocycles. The SMILES string of the molecule is Cn1cc(CC(=O)Nc2ccccc2SCCC#N)c2ccccc21. The number of carbonyl (C=O) groups excluding carboxylic acids is 1. The summed E-state index contributed by atoms with van der Waals surface area (Å²) in [6.07, 6.45) is 2.83. The Bertz CT molecular complexity index is 940. The number of thioether (sulfide) groups is 1. The summed E-state index contributed by atoms with van der Waals surface area (Å²) in [5.74, 6) is 0.678. The van der Waals surface area contributed by atoms with Gasteiger partial charge in [0.2, 0.25) is 5.91 Å². The van der Waals surface area contributed by atoms with Crippen molar-refractivity contribution in [2.24, 2.45) is 7.05 Å². The zero-order valence-corrected chi connectivity index (χ0v) is 14.8. The van der Waals surface area contributed by atoms with Gasteiger partial charge in [0.15, 0.2) is 0 Å². The number of anilines is 1. The van der Waals surface area contributed by atoms with E-state index in [0.717, 1.165) is 27.0 Å². The lowest BCUT2D eigenvalue weighted by Gasteiger charge is -2.10. The maximum Gasteiger partial charge on any atom is 0.228 e. The number of nitrogens with zero attached hydrogens (tertiary/aromatic N) is 2. The molecule has 0 aliphatic rings. The standard InChI is InChI=1S/C20H19N3OS/c1-23-14-15(16-7-2-4-9-18(16)23)13-20(24)22-17-8-3-5-10-19(17)25-12-6-11-21/h2-5,7-10,14H,6,12-13H2,1H3,(H,22,24). The van der Waals surface area contributed by atoms with Crippen LogP contribution in [0.3, 0.4) is 0 Å². The first-order valence-electron chi connectivity index (χ1n) is 8.10. The number of aromatic nitrogens is 1. The first kappa shape index (κ1) is 17.1. The quantitative estimate of drug-likeness (QED) is 0.531. The van der Waals surface area contributed by atoms with Gasteiger partial charge in [-0.05, 0) is 23.8 Å². The lowest BCUT2D eigenvalue weighted by atomic mass is 10.1. The summed E-state index contributed by atoms with van der Waals surface area (Å²) < 4.78 is 2.05. The van der Waals surface area contributed by atoms with E-state index < -0.39 is 0 Å². The molecule has 1 N–H and O–H groups in total. The summed E-state index contributed by atoms with van der Waals surface area (Å²) >= 11 is 1.59. The first-order valence-corrected chi connectivity index (χ1v) is 9.09. The van der Waals surface area contributed by atoms with E-state index in [1.165, 1.54) is 0 Å². The molecule has 0 saturated heterocycles. The lowest BCUT2D eigenvalue weighted by Crippen LogP contribution is -2.14. The molecular formula is C20H19N3OS. The number of carbonyl (C=O) groups is 1. The highest BCUT2D eigenvalue weighted by molar-refractivity contribution is 7.99. The molecule has 25 heavy (non-hydrogen) atoms. The highest BCUT2D eigenvalue weighted by Gasteiger charge is 2.12. The van der Waals surface area contributed by atoms with Crippen LogP contribution in [0.15, 0.2) is 59.6 Å². The Labute approximate surface area is 151 Å². The topological polar surface area (TPSA) is 57.8 Å². The second-order valence-electron chi connectivity index (χ2n) is 5.76. The largest absolute Gasteiger partial charge is 0.350 e. The number of nitriles is 1. The van der Waals surface area contributed by atoms with E-state index in [-0.39, 0.29) is 5.91 Å². The van der Waals surface area contributed by atoms with E-state index in [0.29, 0.717) is 18.6 Å². The van der Waals surface area contributed by atoms with Crippen molar-refractivity contribution in [2.45, 2.75) is 17.7 Å². The molecule has 0 atom stereocenters. The molecule has 0 radical (unpaired) electrons. The third kappa shape index (κ3) is 4.04. The smallest absolute Gasteiger partial charge is 0.228 e. The Morgan fingerprint density at radius 2 is 1.96 bits per heavy atom. The second-order valence-corrected chi connectivity index (χ2v) is 6.90. The van der Waals surface area contributed by atoms with Crippen molar-refractivity contribution in [3.05, 3.63) is 60.3 Å². The average Bonchev–Trinajstić information content (AvgIpc) is 2.93. The fraction of sp³-hybridized carbons (Fsp3) is 0.200. The normalized spacial score (nSPS) is 10.6.